The summed E-state index contributed by atoms with van der Waals surface area (Å²) in [5.41, 5.74) is 0.904. The fourth-order valence-electron chi connectivity index (χ4n) is 6.92. The zero-order valence-corrected chi connectivity index (χ0v) is 25.5. The Morgan fingerprint density at radius 1 is 1.19 bits per heavy atom. The van der Waals surface area contributed by atoms with Crippen molar-refractivity contribution < 1.29 is 27.2 Å². The van der Waals surface area contributed by atoms with Crippen molar-refractivity contribution in [3.8, 4) is 5.75 Å². The summed E-state index contributed by atoms with van der Waals surface area (Å²) in [6.45, 7) is 1.43. The number of hydrogen-bond acceptors (Lipinski definition) is 7. The van der Waals surface area contributed by atoms with Crippen LogP contribution < -0.4 is 14.4 Å². The lowest BCUT2D eigenvalue weighted by Crippen LogP contribution is -2.54. The number of nitrogens with zero attached hydrogens (tertiary/aromatic N) is 2. The molecule has 8 nitrogen and oxygen atoms in total. The number of rotatable bonds is 0. The number of aryl methyl sites for hydroxylation is 1. The number of amides is 1. The van der Waals surface area contributed by atoms with Crippen molar-refractivity contribution in [1.29, 1.82) is 0 Å². The van der Waals surface area contributed by atoms with Crippen molar-refractivity contribution in [1.82, 2.24) is 9.62 Å². The van der Waals surface area contributed by atoms with E-state index in [0.29, 0.717) is 36.2 Å². The van der Waals surface area contributed by atoms with E-state index in [1.54, 1.807) is 24.3 Å². The molecule has 10 heteroatoms. The van der Waals surface area contributed by atoms with E-state index in [-0.39, 0.29) is 28.7 Å². The van der Waals surface area contributed by atoms with Crippen LogP contribution >= 0.6 is 11.6 Å². The second-order valence-electron chi connectivity index (χ2n) is 12.8. The maximum Gasteiger partial charge on any atom is 0.264 e. The fraction of sp³-hybridized carbons (Fsp3) is 0.531. The van der Waals surface area contributed by atoms with Crippen molar-refractivity contribution in [3.63, 3.8) is 0 Å². The SMILES string of the molecule is [2H]C([2H])([2H])N1CC=C[C@H](O)[C@@H]2CC[C@H]2CN2C[C@@]3(CCCc4cc(Cl)ccc43)COc3ccc(cc32)S(=O)(=O)NC(=O)C1(C)C. The van der Waals surface area contributed by atoms with Gasteiger partial charge < -0.3 is 14.7 Å². The summed E-state index contributed by atoms with van der Waals surface area (Å²) in [6, 6.07) is 10.6. The van der Waals surface area contributed by atoms with Gasteiger partial charge in [-0.25, -0.2) is 13.1 Å². The Kier molecular flexibility index (Phi) is 6.68. The molecule has 2 heterocycles. The summed E-state index contributed by atoms with van der Waals surface area (Å²) in [5, 5.41) is 11.9. The second kappa shape index (κ2) is 10.8. The van der Waals surface area contributed by atoms with Crippen LogP contribution in [-0.4, -0.2) is 69.2 Å². The summed E-state index contributed by atoms with van der Waals surface area (Å²) in [4.78, 5) is 16.5. The molecular weight excluding hydrogens is 574 g/mol. The average Bonchev–Trinajstić information content (AvgIpc) is 3.09. The number of hydrogen-bond donors (Lipinski definition) is 2. The molecule has 0 aromatic heterocycles. The number of carbonyl (C=O) groups excluding carboxylic acids is 1. The summed E-state index contributed by atoms with van der Waals surface area (Å²) in [7, 11) is -4.38. The van der Waals surface area contributed by atoms with E-state index in [4.69, 9.17) is 20.5 Å². The number of benzene rings is 2. The molecule has 4 aliphatic rings. The van der Waals surface area contributed by atoms with Gasteiger partial charge in [0.05, 0.1) is 28.8 Å². The Morgan fingerprint density at radius 3 is 2.79 bits per heavy atom. The molecule has 6 rings (SSSR count). The Morgan fingerprint density at radius 2 is 2.02 bits per heavy atom. The molecule has 2 N–H and O–H groups in total. The lowest BCUT2D eigenvalue weighted by atomic mass is 9.68. The molecule has 2 aliphatic carbocycles. The normalized spacial score (nSPS) is 32.1. The van der Waals surface area contributed by atoms with Gasteiger partial charge in [0.25, 0.3) is 15.9 Å². The van der Waals surface area contributed by atoms with Gasteiger partial charge in [0.15, 0.2) is 0 Å². The van der Waals surface area contributed by atoms with Gasteiger partial charge in [-0.2, -0.15) is 0 Å². The van der Waals surface area contributed by atoms with Crippen LogP contribution in [0, 0.1) is 11.8 Å². The number of fused-ring (bicyclic) bond motifs is 4. The van der Waals surface area contributed by atoms with Crippen molar-refractivity contribution in [2.75, 3.05) is 38.1 Å². The zero-order valence-electron chi connectivity index (χ0n) is 27.0. The molecule has 1 saturated carbocycles. The molecule has 0 radical (unpaired) electrons. The number of aliphatic hydroxyl groups is 1. The maximum atomic E-state index is 13.7. The monoisotopic (exact) mass is 616 g/mol. The third-order valence-electron chi connectivity index (χ3n) is 9.77. The van der Waals surface area contributed by atoms with Crippen LogP contribution in [0.25, 0.3) is 0 Å². The van der Waals surface area contributed by atoms with Crippen molar-refractivity contribution in [2.45, 2.75) is 67.9 Å². The number of ether oxygens (including phenoxy) is 1. The number of likely N-dealkylation sites (N-methyl/N-ethyl adjacent to an activating group) is 1. The standard InChI is InChI=1S/C32H40ClN3O5S/c1-31(2)30(38)34-42(39,40)24-10-13-29-27(17-24)36(18-22-8-11-25(22)28(37)7-5-15-35(31)3)19-32(20-41-29)14-4-6-21-16-23(33)9-12-26(21)32/h5,7,9-10,12-13,16-17,22,25,28,37H,4,6,8,11,14-15,18-20H2,1-3H3,(H,34,38)/t22-,25+,28-,32-/m0/s1/i3D3. The van der Waals surface area contributed by atoms with Crippen molar-refractivity contribution in [3.05, 3.63) is 64.7 Å². The summed E-state index contributed by atoms with van der Waals surface area (Å²) < 4.78 is 60.1. The second-order valence-corrected chi connectivity index (χ2v) is 14.9. The third kappa shape index (κ3) is 5.23. The van der Waals surface area contributed by atoms with Gasteiger partial charge in [-0.3, -0.25) is 9.69 Å². The molecule has 42 heavy (non-hydrogen) atoms. The minimum Gasteiger partial charge on any atom is -0.490 e. The van der Waals surface area contributed by atoms with Crippen LogP contribution in [0.3, 0.4) is 0 Å². The molecule has 0 saturated heterocycles. The molecule has 2 aromatic rings. The van der Waals surface area contributed by atoms with E-state index < -0.39 is 34.5 Å². The lowest BCUT2D eigenvalue weighted by Gasteiger charge is -2.45. The van der Waals surface area contributed by atoms with Gasteiger partial charge >= 0.3 is 0 Å². The molecule has 2 aliphatic heterocycles. The van der Waals surface area contributed by atoms with E-state index >= 15 is 0 Å². The average molecular weight is 617 g/mol. The summed E-state index contributed by atoms with van der Waals surface area (Å²) in [6.07, 6.45) is 6.84. The maximum absolute atomic E-state index is 13.7. The number of sulfonamides is 1. The van der Waals surface area contributed by atoms with E-state index in [1.807, 2.05) is 12.1 Å². The van der Waals surface area contributed by atoms with Gasteiger partial charge in [-0.15, -0.1) is 0 Å². The molecule has 226 valence electrons. The molecule has 1 fully saturated rings. The third-order valence-corrected chi connectivity index (χ3v) is 11.3. The van der Waals surface area contributed by atoms with Crippen LogP contribution in [-0.2, 0) is 26.7 Å². The van der Waals surface area contributed by atoms with Crippen LogP contribution in [0.1, 0.15) is 54.8 Å². The van der Waals surface area contributed by atoms with Gasteiger partial charge in [-0.1, -0.05) is 29.8 Å². The number of anilines is 1. The summed E-state index contributed by atoms with van der Waals surface area (Å²) in [5.74, 6) is -0.369. The highest BCUT2D eigenvalue weighted by atomic mass is 35.5. The van der Waals surface area contributed by atoms with E-state index in [9.17, 15) is 18.3 Å². The van der Waals surface area contributed by atoms with Gasteiger partial charge in [0, 0.05) is 34.2 Å². The molecule has 0 unspecified atom stereocenters. The zero-order chi connectivity index (χ0) is 32.4. The van der Waals surface area contributed by atoms with Crippen molar-refractivity contribution >= 4 is 33.2 Å². The smallest absolute Gasteiger partial charge is 0.264 e. The quantitative estimate of drug-likeness (QED) is 0.426. The Balaban J connectivity index is 1.44. The van der Waals surface area contributed by atoms with Crippen LogP contribution in [0.2, 0.25) is 5.02 Å². The Hall–Kier alpha value is -2.59. The molecule has 1 amide bonds. The molecule has 4 atom stereocenters. The Labute approximate surface area is 257 Å². The van der Waals surface area contributed by atoms with E-state index in [0.717, 1.165) is 37.0 Å². The highest BCUT2D eigenvalue weighted by Crippen LogP contribution is 2.47. The first-order valence-corrected chi connectivity index (χ1v) is 16.5. The predicted octanol–water partition coefficient (Wildman–Crippen LogP) is 4.29. The van der Waals surface area contributed by atoms with E-state index in [1.165, 1.54) is 31.0 Å². The first-order chi connectivity index (χ1) is 21.1. The van der Waals surface area contributed by atoms with Crippen LogP contribution in [0.4, 0.5) is 5.69 Å². The highest BCUT2D eigenvalue weighted by molar-refractivity contribution is 7.90. The van der Waals surface area contributed by atoms with Crippen LogP contribution in [0.5, 0.6) is 5.75 Å². The number of nitrogens with one attached hydrogen (secondary N) is 1. The minimum absolute atomic E-state index is 0.0559. The molecule has 1 spiro atoms. The topological polar surface area (TPSA) is 99.2 Å². The Bertz CT molecular complexity index is 1630. The number of carbonyl (C=O) groups is 1. The summed E-state index contributed by atoms with van der Waals surface area (Å²) >= 11 is 6.37. The predicted molar refractivity (Wildman–Crippen MR) is 164 cm³/mol. The highest BCUT2D eigenvalue weighted by Gasteiger charge is 2.44. The first kappa shape index (κ1) is 25.9. The van der Waals surface area contributed by atoms with Gasteiger partial charge in [-0.05, 0) is 106 Å². The van der Waals surface area contributed by atoms with Crippen LogP contribution in [0.15, 0.2) is 53.4 Å². The van der Waals surface area contributed by atoms with Gasteiger partial charge in [0.1, 0.15) is 5.75 Å². The molecule has 2 bridgehead atoms. The van der Waals surface area contributed by atoms with E-state index in [2.05, 4.69) is 15.7 Å². The number of aliphatic hydroxyl groups excluding tert-OH is 1. The largest absolute Gasteiger partial charge is 0.490 e. The van der Waals surface area contributed by atoms with Crippen molar-refractivity contribution in [2.24, 2.45) is 11.8 Å². The first-order valence-electron chi connectivity index (χ1n) is 16.1. The molecular formula is C32H40ClN3O5S. The number of halogens is 1. The lowest BCUT2D eigenvalue weighted by molar-refractivity contribution is -0.128. The van der Waals surface area contributed by atoms with Gasteiger partial charge in [0.2, 0.25) is 0 Å². The fourth-order valence-corrected chi connectivity index (χ4v) is 8.24. The minimum atomic E-state index is -4.38. The molecule has 2 aromatic carbocycles.